The van der Waals surface area contributed by atoms with Crippen molar-refractivity contribution in [1.29, 1.82) is 0 Å². The standard InChI is InChI=1S/C11H22N2O/c12-9-11(3-7-14-8-4-11)10-13-5-1-2-6-13/h1-10,12H2. The molecule has 2 aliphatic rings. The number of nitrogens with zero attached hydrogens (tertiary/aromatic N) is 1. The average Bonchev–Trinajstić information content (AvgIpc) is 2.72. The molecule has 2 aliphatic heterocycles. The molecule has 14 heavy (non-hydrogen) atoms. The first-order valence-corrected chi connectivity index (χ1v) is 5.85. The topological polar surface area (TPSA) is 38.5 Å². The summed E-state index contributed by atoms with van der Waals surface area (Å²) >= 11 is 0. The largest absolute Gasteiger partial charge is 0.381 e. The van der Waals surface area contributed by atoms with E-state index >= 15 is 0 Å². The minimum atomic E-state index is 0.364. The van der Waals surface area contributed by atoms with E-state index < -0.39 is 0 Å². The summed E-state index contributed by atoms with van der Waals surface area (Å²) in [4.78, 5) is 2.58. The molecule has 0 saturated carbocycles. The summed E-state index contributed by atoms with van der Waals surface area (Å²) < 4.78 is 5.42. The Hall–Kier alpha value is -0.120. The van der Waals surface area contributed by atoms with Gasteiger partial charge in [-0.2, -0.15) is 0 Å². The van der Waals surface area contributed by atoms with Crippen molar-refractivity contribution >= 4 is 0 Å². The predicted molar refractivity (Wildman–Crippen MR) is 57.2 cm³/mol. The van der Waals surface area contributed by atoms with E-state index in [0.717, 1.165) is 32.6 Å². The van der Waals surface area contributed by atoms with Gasteiger partial charge in [0.05, 0.1) is 0 Å². The molecule has 3 nitrogen and oxygen atoms in total. The number of nitrogens with two attached hydrogens (primary N) is 1. The molecule has 2 fully saturated rings. The lowest BCUT2D eigenvalue weighted by atomic mass is 9.80. The van der Waals surface area contributed by atoms with Crippen LogP contribution in [0.2, 0.25) is 0 Å². The maximum absolute atomic E-state index is 5.93. The van der Waals surface area contributed by atoms with E-state index in [-0.39, 0.29) is 0 Å². The zero-order valence-corrected chi connectivity index (χ0v) is 9.00. The van der Waals surface area contributed by atoms with Gasteiger partial charge in [0.25, 0.3) is 0 Å². The van der Waals surface area contributed by atoms with E-state index in [1.807, 2.05) is 0 Å². The minimum Gasteiger partial charge on any atom is -0.381 e. The Morgan fingerprint density at radius 2 is 1.79 bits per heavy atom. The van der Waals surface area contributed by atoms with Gasteiger partial charge in [0, 0.05) is 19.8 Å². The summed E-state index contributed by atoms with van der Waals surface area (Å²) in [5.41, 5.74) is 6.30. The minimum absolute atomic E-state index is 0.364. The molecule has 82 valence electrons. The molecule has 2 saturated heterocycles. The van der Waals surface area contributed by atoms with Gasteiger partial charge in [-0.05, 0) is 50.7 Å². The van der Waals surface area contributed by atoms with Crippen molar-refractivity contribution < 1.29 is 4.74 Å². The third-order valence-electron chi connectivity index (χ3n) is 3.74. The molecule has 0 spiro atoms. The molecule has 0 aliphatic carbocycles. The van der Waals surface area contributed by atoms with Crippen molar-refractivity contribution in [1.82, 2.24) is 4.90 Å². The number of likely N-dealkylation sites (tertiary alicyclic amines) is 1. The van der Waals surface area contributed by atoms with Crippen LogP contribution in [-0.2, 0) is 4.74 Å². The van der Waals surface area contributed by atoms with Gasteiger partial charge >= 0.3 is 0 Å². The Kier molecular flexibility index (Phi) is 3.42. The quantitative estimate of drug-likeness (QED) is 0.730. The molecule has 0 aromatic carbocycles. The maximum atomic E-state index is 5.93. The van der Waals surface area contributed by atoms with Crippen LogP contribution in [0.3, 0.4) is 0 Å². The van der Waals surface area contributed by atoms with Crippen LogP contribution >= 0.6 is 0 Å². The van der Waals surface area contributed by atoms with Crippen molar-refractivity contribution in [3.8, 4) is 0 Å². The predicted octanol–water partition coefficient (Wildman–Crippen LogP) is 0.838. The molecule has 3 heteroatoms. The molecule has 0 amide bonds. The molecule has 2 N–H and O–H groups in total. The number of rotatable bonds is 3. The Morgan fingerprint density at radius 1 is 1.14 bits per heavy atom. The fourth-order valence-electron chi connectivity index (χ4n) is 2.65. The van der Waals surface area contributed by atoms with Gasteiger partial charge in [-0.3, -0.25) is 0 Å². The van der Waals surface area contributed by atoms with Crippen LogP contribution in [0.4, 0.5) is 0 Å². The lowest BCUT2D eigenvalue weighted by Gasteiger charge is -2.39. The molecule has 2 rings (SSSR count). The second-order valence-corrected chi connectivity index (χ2v) is 4.80. The summed E-state index contributed by atoms with van der Waals surface area (Å²) in [7, 11) is 0. The lowest BCUT2D eigenvalue weighted by molar-refractivity contribution is 0.00337. The van der Waals surface area contributed by atoms with Gasteiger partial charge in [0.2, 0.25) is 0 Å². The van der Waals surface area contributed by atoms with Crippen molar-refractivity contribution in [2.24, 2.45) is 11.1 Å². The Bertz CT molecular complexity index is 172. The summed E-state index contributed by atoms with van der Waals surface area (Å²) in [6, 6.07) is 0. The van der Waals surface area contributed by atoms with Gasteiger partial charge in [0.1, 0.15) is 0 Å². The molecular weight excluding hydrogens is 176 g/mol. The first kappa shape index (κ1) is 10.4. The highest BCUT2D eigenvalue weighted by molar-refractivity contribution is 4.87. The Labute approximate surface area is 86.6 Å². The van der Waals surface area contributed by atoms with E-state index in [2.05, 4.69) is 4.90 Å². The SMILES string of the molecule is NCC1(CN2CCCC2)CCOCC1. The third-order valence-corrected chi connectivity index (χ3v) is 3.74. The summed E-state index contributed by atoms with van der Waals surface area (Å²) in [5, 5.41) is 0. The zero-order chi connectivity index (χ0) is 9.86. The van der Waals surface area contributed by atoms with Gasteiger partial charge in [-0.15, -0.1) is 0 Å². The van der Waals surface area contributed by atoms with Crippen molar-refractivity contribution in [2.75, 3.05) is 39.4 Å². The van der Waals surface area contributed by atoms with E-state index in [4.69, 9.17) is 10.5 Å². The van der Waals surface area contributed by atoms with Crippen molar-refractivity contribution in [2.45, 2.75) is 25.7 Å². The summed E-state index contributed by atoms with van der Waals surface area (Å²) in [6.45, 7) is 6.40. The highest BCUT2D eigenvalue weighted by Crippen LogP contribution is 2.31. The molecule has 0 atom stereocenters. The maximum Gasteiger partial charge on any atom is 0.0472 e. The fraction of sp³-hybridized carbons (Fsp3) is 1.00. The summed E-state index contributed by atoms with van der Waals surface area (Å²) in [6.07, 6.45) is 5.05. The van der Waals surface area contributed by atoms with Crippen LogP contribution in [0.1, 0.15) is 25.7 Å². The highest BCUT2D eigenvalue weighted by atomic mass is 16.5. The normalized spacial score (nSPS) is 28.1. The monoisotopic (exact) mass is 198 g/mol. The molecular formula is C11H22N2O. The first-order chi connectivity index (χ1) is 6.85. The van der Waals surface area contributed by atoms with E-state index in [0.29, 0.717) is 5.41 Å². The van der Waals surface area contributed by atoms with Crippen LogP contribution in [0.15, 0.2) is 0 Å². The van der Waals surface area contributed by atoms with Crippen molar-refractivity contribution in [3.63, 3.8) is 0 Å². The smallest absolute Gasteiger partial charge is 0.0472 e. The lowest BCUT2D eigenvalue weighted by Crippen LogP contribution is -2.45. The average molecular weight is 198 g/mol. The highest BCUT2D eigenvalue weighted by Gasteiger charge is 2.33. The summed E-state index contributed by atoms with van der Waals surface area (Å²) in [5.74, 6) is 0. The fourth-order valence-corrected chi connectivity index (χ4v) is 2.65. The zero-order valence-electron chi connectivity index (χ0n) is 9.00. The third kappa shape index (κ3) is 2.27. The van der Waals surface area contributed by atoms with E-state index in [1.54, 1.807) is 0 Å². The van der Waals surface area contributed by atoms with E-state index in [9.17, 15) is 0 Å². The van der Waals surface area contributed by atoms with Crippen LogP contribution in [0.5, 0.6) is 0 Å². The van der Waals surface area contributed by atoms with Crippen LogP contribution in [-0.4, -0.2) is 44.3 Å². The van der Waals surface area contributed by atoms with Gasteiger partial charge in [0.15, 0.2) is 0 Å². The van der Waals surface area contributed by atoms with Crippen LogP contribution < -0.4 is 5.73 Å². The number of hydrogen-bond acceptors (Lipinski definition) is 3. The Balaban J connectivity index is 1.89. The van der Waals surface area contributed by atoms with Gasteiger partial charge in [-0.25, -0.2) is 0 Å². The molecule has 0 aromatic heterocycles. The molecule has 2 heterocycles. The first-order valence-electron chi connectivity index (χ1n) is 5.85. The molecule has 0 unspecified atom stereocenters. The number of hydrogen-bond donors (Lipinski definition) is 1. The van der Waals surface area contributed by atoms with E-state index in [1.165, 1.54) is 32.5 Å². The second kappa shape index (κ2) is 4.60. The van der Waals surface area contributed by atoms with Crippen molar-refractivity contribution in [3.05, 3.63) is 0 Å². The van der Waals surface area contributed by atoms with Crippen LogP contribution in [0.25, 0.3) is 0 Å². The van der Waals surface area contributed by atoms with Crippen LogP contribution in [0, 0.1) is 5.41 Å². The Morgan fingerprint density at radius 3 is 2.36 bits per heavy atom. The molecule has 0 aromatic rings. The van der Waals surface area contributed by atoms with Gasteiger partial charge in [-0.1, -0.05) is 0 Å². The number of ether oxygens (including phenoxy) is 1. The molecule has 0 bridgehead atoms. The van der Waals surface area contributed by atoms with Gasteiger partial charge < -0.3 is 15.4 Å². The second-order valence-electron chi connectivity index (χ2n) is 4.80. The molecule has 0 radical (unpaired) electrons.